The largest absolute Gasteiger partial charge is 0.494 e. The summed E-state index contributed by atoms with van der Waals surface area (Å²) in [6.45, 7) is 0.310. The van der Waals surface area contributed by atoms with Crippen LogP contribution in [0.5, 0.6) is 5.75 Å². The Kier molecular flexibility index (Phi) is 6.41. The molecule has 156 valence electrons. The molecule has 3 amide bonds. The predicted molar refractivity (Wildman–Crippen MR) is 109 cm³/mol. The van der Waals surface area contributed by atoms with E-state index in [1.165, 1.54) is 30.2 Å². The molecule has 2 aromatic carbocycles. The molecule has 0 spiro atoms. The topological polar surface area (TPSA) is 119 Å². The summed E-state index contributed by atoms with van der Waals surface area (Å²) < 4.78 is 5.10. The Balaban J connectivity index is 1.43. The minimum absolute atomic E-state index is 0.127. The number of hydrogen-bond donors (Lipinski definition) is 1. The number of unbranched alkanes of at least 4 members (excludes halogenated alkanes) is 2. The molecule has 9 heteroatoms. The number of imide groups is 1. The van der Waals surface area contributed by atoms with Gasteiger partial charge in [-0.05, 0) is 31.0 Å². The lowest BCUT2D eigenvalue weighted by atomic mass is 10.1. The van der Waals surface area contributed by atoms with E-state index in [4.69, 9.17) is 4.74 Å². The van der Waals surface area contributed by atoms with Gasteiger partial charge in [-0.1, -0.05) is 18.6 Å². The molecule has 30 heavy (non-hydrogen) atoms. The van der Waals surface area contributed by atoms with Crippen LogP contribution in [-0.4, -0.2) is 41.2 Å². The number of anilines is 1. The fourth-order valence-electron chi connectivity index (χ4n) is 3.28. The SMILES string of the molecule is COc1cc([N+](=O)[O-])ccc1NC(=O)CCCCCN1C(=O)c2ccccc2C1=O. The molecule has 1 aliphatic heterocycles. The van der Waals surface area contributed by atoms with Crippen LogP contribution in [0.3, 0.4) is 0 Å². The van der Waals surface area contributed by atoms with Gasteiger partial charge >= 0.3 is 0 Å². The molecule has 2 aromatic rings. The third kappa shape index (κ3) is 4.45. The standard InChI is InChI=1S/C21H21N3O6/c1-30-18-13-14(24(28)29)10-11-17(18)22-19(25)9-3-2-6-12-23-20(26)15-7-4-5-8-16(15)21(23)27/h4-5,7-8,10-11,13H,2-3,6,9,12H2,1H3,(H,22,25). The Morgan fingerprint density at radius 3 is 2.33 bits per heavy atom. The predicted octanol–water partition coefficient (Wildman–Crippen LogP) is 3.40. The summed E-state index contributed by atoms with van der Waals surface area (Å²) in [7, 11) is 1.37. The lowest BCUT2D eigenvalue weighted by Crippen LogP contribution is -2.30. The Bertz CT molecular complexity index is 969. The average Bonchev–Trinajstić information content (AvgIpc) is 2.98. The summed E-state index contributed by atoms with van der Waals surface area (Å²) in [5.41, 5.74) is 1.09. The van der Waals surface area contributed by atoms with Gasteiger partial charge < -0.3 is 10.1 Å². The van der Waals surface area contributed by atoms with Crippen molar-refractivity contribution in [3.05, 3.63) is 63.7 Å². The summed E-state index contributed by atoms with van der Waals surface area (Å²) in [5.74, 6) is -0.594. The van der Waals surface area contributed by atoms with Crippen molar-refractivity contribution in [2.75, 3.05) is 19.0 Å². The number of methoxy groups -OCH3 is 1. The highest BCUT2D eigenvalue weighted by Gasteiger charge is 2.34. The molecule has 9 nitrogen and oxygen atoms in total. The van der Waals surface area contributed by atoms with Crippen LogP contribution in [0.15, 0.2) is 42.5 Å². The Morgan fingerprint density at radius 1 is 1.07 bits per heavy atom. The lowest BCUT2D eigenvalue weighted by molar-refractivity contribution is -0.384. The number of carbonyl (C=O) groups is 3. The fraction of sp³-hybridized carbons (Fsp3) is 0.286. The molecule has 0 aromatic heterocycles. The van der Waals surface area contributed by atoms with Crippen LogP contribution in [-0.2, 0) is 4.79 Å². The van der Waals surface area contributed by atoms with Crippen LogP contribution in [0.4, 0.5) is 11.4 Å². The molecular formula is C21H21N3O6. The number of non-ortho nitro benzene ring substituents is 1. The second kappa shape index (κ2) is 9.17. The van der Waals surface area contributed by atoms with Crippen LogP contribution in [0.2, 0.25) is 0 Å². The molecule has 0 bridgehead atoms. The van der Waals surface area contributed by atoms with Gasteiger partial charge in [-0.3, -0.25) is 29.4 Å². The minimum atomic E-state index is -0.539. The first-order valence-electron chi connectivity index (χ1n) is 9.50. The van der Waals surface area contributed by atoms with E-state index in [9.17, 15) is 24.5 Å². The van der Waals surface area contributed by atoms with Gasteiger partial charge in [0, 0.05) is 19.0 Å². The number of nitrogens with one attached hydrogen (secondary N) is 1. The molecule has 0 saturated heterocycles. The third-order valence-corrected chi connectivity index (χ3v) is 4.83. The second-order valence-electron chi connectivity index (χ2n) is 6.81. The summed E-state index contributed by atoms with van der Waals surface area (Å²) in [5, 5.41) is 13.5. The van der Waals surface area contributed by atoms with Crippen molar-refractivity contribution in [3.8, 4) is 5.75 Å². The Labute approximate surface area is 172 Å². The molecule has 3 rings (SSSR count). The first kappa shape index (κ1) is 21.0. The Morgan fingerprint density at radius 2 is 1.73 bits per heavy atom. The molecule has 0 aliphatic carbocycles. The fourth-order valence-corrected chi connectivity index (χ4v) is 3.28. The second-order valence-corrected chi connectivity index (χ2v) is 6.81. The van der Waals surface area contributed by atoms with E-state index >= 15 is 0 Å². The number of ether oxygens (including phenoxy) is 1. The van der Waals surface area contributed by atoms with Crippen LogP contribution >= 0.6 is 0 Å². The molecule has 0 fully saturated rings. The summed E-state index contributed by atoms with van der Waals surface area (Å²) >= 11 is 0. The van der Waals surface area contributed by atoms with Crippen LogP contribution in [0.1, 0.15) is 46.4 Å². The molecule has 0 unspecified atom stereocenters. The van der Waals surface area contributed by atoms with E-state index in [0.717, 1.165) is 0 Å². The van der Waals surface area contributed by atoms with E-state index in [1.54, 1.807) is 24.3 Å². The quantitative estimate of drug-likeness (QED) is 0.292. The van der Waals surface area contributed by atoms with Crippen molar-refractivity contribution in [1.82, 2.24) is 4.90 Å². The van der Waals surface area contributed by atoms with Gasteiger partial charge in [0.05, 0.1) is 34.9 Å². The Hall–Kier alpha value is -3.75. The normalized spacial score (nSPS) is 12.6. The van der Waals surface area contributed by atoms with Crippen molar-refractivity contribution < 1.29 is 24.0 Å². The highest BCUT2D eigenvalue weighted by atomic mass is 16.6. The number of rotatable bonds is 9. The van der Waals surface area contributed by atoms with Gasteiger partial charge in [-0.2, -0.15) is 0 Å². The highest BCUT2D eigenvalue weighted by Crippen LogP contribution is 2.29. The van der Waals surface area contributed by atoms with Crippen LogP contribution in [0.25, 0.3) is 0 Å². The number of nitro groups is 1. The summed E-state index contributed by atoms with van der Waals surface area (Å²) in [4.78, 5) is 48.3. The number of carbonyl (C=O) groups excluding carboxylic acids is 3. The maximum absolute atomic E-state index is 12.3. The number of nitrogens with zero attached hydrogens (tertiary/aromatic N) is 2. The molecule has 1 heterocycles. The van der Waals surface area contributed by atoms with E-state index < -0.39 is 4.92 Å². The average molecular weight is 411 g/mol. The first-order chi connectivity index (χ1) is 14.4. The van der Waals surface area contributed by atoms with Crippen molar-refractivity contribution in [2.45, 2.75) is 25.7 Å². The van der Waals surface area contributed by atoms with E-state index in [2.05, 4.69) is 5.32 Å². The molecule has 0 saturated carbocycles. The number of benzene rings is 2. The minimum Gasteiger partial charge on any atom is -0.494 e. The van der Waals surface area contributed by atoms with Crippen LogP contribution in [0, 0.1) is 10.1 Å². The number of amides is 3. The van der Waals surface area contributed by atoms with Gasteiger partial charge in [0.1, 0.15) is 5.75 Å². The van der Waals surface area contributed by atoms with Gasteiger partial charge in [0.15, 0.2) is 0 Å². The summed E-state index contributed by atoms with van der Waals surface area (Å²) in [6, 6.07) is 10.7. The number of fused-ring (bicyclic) bond motifs is 1. The number of hydrogen-bond acceptors (Lipinski definition) is 6. The van der Waals surface area contributed by atoms with Gasteiger partial charge in [-0.25, -0.2) is 0 Å². The van der Waals surface area contributed by atoms with Crippen molar-refractivity contribution in [1.29, 1.82) is 0 Å². The zero-order valence-electron chi connectivity index (χ0n) is 16.4. The zero-order chi connectivity index (χ0) is 21.7. The van der Waals surface area contributed by atoms with E-state index in [-0.39, 0.29) is 35.6 Å². The third-order valence-electron chi connectivity index (χ3n) is 4.83. The molecule has 0 atom stereocenters. The maximum Gasteiger partial charge on any atom is 0.273 e. The van der Waals surface area contributed by atoms with Crippen molar-refractivity contribution in [3.63, 3.8) is 0 Å². The van der Waals surface area contributed by atoms with Crippen molar-refractivity contribution >= 4 is 29.1 Å². The number of nitro benzene ring substituents is 1. The highest BCUT2D eigenvalue weighted by molar-refractivity contribution is 6.21. The van der Waals surface area contributed by atoms with E-state index in [0.29, 0.717) is 42.6 Å². The van der Waals surface area contributed by atoms with Gasteiger partial charge in [0.25, 0.3) is 17.5 Å². The van der Waals surface area contributed by atoms with Crippen LogP contribution < -0.4 is 10.1 Å². The zero-order valence-corrected chi connectivity index (χ0v) is 16.4. The van der Waals surface area contributed by atoms with Gasteiger partial charge in [-0.15, -0.1) is 0 Å². The molecular weight excluding hydrogens is 390 g/mol. The van der Waals surface area contributed by atoms with Crippen molar-refractivity contribution in [2.24, 2.45) is 0 Å². The summed E-state index contributed by atoms with van der Waals surface area (Å²) in [6.07, 6.45) is 2.07. The van der Waals surface area contributed by atoms with Gasteiger partial charge in [0.2, 0.25) is 5.91 Å². The lowest BCUT2D eigenvalue weighted by Gasteiger charge is -2.13. The molecule has 1 N–H and O–H groups in total. The molecule has 0 radical (unpaired) electrons. The van der Waals surface area contributed by atoms with E-state index in [1.807, 2.05) is 0 Å². The monoisotopic (exact) mass is 411 g/mol. The molecule has 1 aliphatic rings. The maximum atomic E-state index is 12.3. The smallest absolute Gasteiger partial charge is 0.273 e. The first-order valence-corrected chi connectivity index (χ1v) is 9.50.